The summed E-state index contributed by atoms with van der Waals surface area (Å²) in [7, 11) is 0. The van der Waals surface area contributed by atoms with Crippen molar-refractivity contribution in [1.82, 2.24) is 5.43 Å². The number of hydrogen-bond donors (Lipinski definition) is 3. The second kappa shape index (κ2) is 9.14. The van der Waals surface area contributed by atoms with Crippen molar-refractivity contribution in [2.24, 2.45) is 5.10 Å². The summed E-state index contributed by atoms with van der Waals surface area (Å²) in [5, 5.41) is 18.8. The van der Waals surface area contributed by atoms with Gasteiger partial charge in [-0.05, 0) is 59.7 Å². The van der Waals surface area contributed by atoms with Crippen LogP contribution in [0.25, 0.3) is 10.8 Å². The van der Waals surface area contributed by atoms with E-state index < -0.39 is 5.91 Å². The van der Waals surface area contributed by atoms with Crippen LogP contribution in [0.15, 0.2) is 90.0 Å². The number of carbonyl (C=O) groups is 2. The van der Waals surface area contributed by atoms with E-state index in [0.717, 1.165) is 16.3 Å². The molecule has 0 aliphatic carbocycles. The van der Waals surface area contributed by atoms with Gasteiger partial charge in [0.15, 0.2) is 0 Å². The molecule has 0 bridgehead atoms. The van der Waals surface area contributed by atoms with Gasteiger partial charge in [-0.2, -0.15) is 5.10 Å². The fraction of sp³-hybridized carbons (Fsp3) is 0.0385. The van der Waals surface area contributed by atoms with Crippen LogP contribution in [-0.2, 0) is 0 Å². The average molecular weight is 423 g/mol. The number of aromatic hydroxyl groups is 1. The molecule has 0 saturated heterocycles. The molecule has 4 aromatic rings. The van der Waals surface area contributed by atoms with Crippen LogP contribution in [0.5, 0.6) is 5.75 Å². The highest BCUT2D eigenvalue weighted by Gasteiger charge is 2.10. The molecule has 0 aromatic heterocycles. The first-order valence-electron chi connectivity index (χ1n) is 10.0. The third kappa shape index (κ3) is 4.49. The molecule has 32 heavy (non-hydrogen) atoms. The lowest BCUT2D eigenvalue weighted by Gasteiger charge is -2.08. The van der Waals surface area contributed by atoms with Crippen LogP contribution < -0.4 is 10.7 Å². The Morgan fingerprint density at radius 3 is 2.34 bits per heavy atom. The normalized spacial score (nSPS) is 10.9. The molecule has 0 radical (unpaired) electrons. The number of rotatable bonds is 5. The molecule has 0 aliphatic heterocycles. The minimum Gasteiger partial charge on any atom is -0.507 e. The Kier molecular flexibility index (Phi) is 5.94. The van der Waals surface area contributed by atoms with Gasteiger partial charge >= 0.3 is 0 Å². The molecule has 0 spiro atoms. The molecule has 3 N–H and O–H groups in total. The van der Waals surface area contributed by atoms with Gasteiger partial charge < -0.3 is 10.4 Å². The summed E-state index contributed by atoms with van der Waals surface area (Å²) in [6, 6.07) is 24.9. The predicted octanol–water partition coefficient (Wildman–Crippen LogP) is 4.87. The molecule has 0 saturated carbocycles. The van der Waals surface area contributed by atoms with Crippen molar-refractivity contribution in [2.75, 3.05) is 5.32 Å². The molecular formula is C26H21N3O3. The quantitative estimate of drug-likeness (QED) is 0.316. The summed E-state index contributed by atoms with van der Waals surface area (Å²) in [4.78, 5) is 24.8. The smallest absolute Gasteiger partial charge is 0.271 e. The van der Waals surface area contributed by atoms with E-state index in [-0.39, 0.29) is 11.7 Å². The largest absolute Gasteiger partial charge is 0.507 e. The second-order valence-electron chi connectivity index (χ2n) is 7.27. The number of amides is 2. The summed E-state index contributed by atoms with van der Waals surface area (Å²) >= 11 is 0. The van der Waals surface area contributed by atoms with Gasteiger partial charge in [0, 0.05) is 22.4 Å². The van der Waals surface area contributed by atoms with Crippen LogP contribution in [0.2, 0.25) is 0 Å². The number of nitrogens with zero attached hydrogens (tertiary/aromatic N) is 1. The Balaban J connectivity index is 1.42. The zero-order valence-corrected chi connectivity index (χ0v) is 17.4. The zero-order valence-electron chi connectivity index (χ0n) is 17.4. The first-order valence-corrected chi connectivity index (χ1v) is 10.0. The zero-order chi connectivity index (χ0) is 22.5. The standard InChI is InChI=1S/C26H21N3O3/c1-17-6-2-4-8-21(17)26(32)28-20-13-10-19(11-14-20)25(31)29-27-16-23-22-9-5-3-7-18(22)12-15-24(23)30/h2-16,30H,1H3,(H,28,32)(H,29,31). The van der Waals surface area contributed by atoms with Crippen molar-refractivity contribution < 1.29 is 14.7 Å². The lowest BCUT2D eigenvalue weighted by molar-refractivity contribution is 0.0954. The van der Waals surface area contributed by atoms with Crippen LogP contribution in [0, 0.1) is 6.92 Å². The molecule has 158 valence electrons. The third-order valence-corrected chi connectivity index (χ3v) is 5.10. The Labute approximate surface area is 185 Å². The summed E-state index contributed by atoms with van der Waals surface area (Å²) in [5.74, 6) is -0.534. The van der Waals surface area contributed by atoms with E-state index in [1.807, 2.05) is 55.5 Å². The van der Waals surface area contributed by atoms with Gasteiger partial charge in [0.05, 0.1) is 6.21 Å². The third-order valence-electron chi connectivity index (χ3n) is 5.10. The van der Waals surface area contributed by atoms with Crippen molar-refractivity contribution in [3.05, 3.63) is 107 Å². The van der Waals surface area contributed by atoms with E-state index in [1.165, 1.54) is 6.21 Å². The molecule has 0 atom stereocenters. The Morgan fingerprint density at radius 1 is 0.844 bits per heavy atom. The lowest BCUT2D eigenvalue weighted by atomic mass is 10.0. The number of hydrazone groups is 1. The number of fused-ring (bicyclic) bond motifs is 1. The number of nitrogens with one attached hydrogen (secondary N) is 2. The Morgan fingerprint density at radius 2 is 1.56 bits per heavy atom. The number of hydrogen-bond acceptors (Lipinski definition) is 4. The molecule has 4 aromatic carbocycles. The van der Waals surface area contributed by atoms with Crippen LogP contribution in [0.4, 0.5) is 5.69 Å². The van der Waals surface area contributed by atoms with Crippen LogP contribution in [-0.4, -0.2) is 23.1 Å². The monoisotopic (exact) mass is 423 g/mol. The molecule has 0 heterocycles. The van der Waals surface area contributed by atoms with E-state index in [4.69, 9.17) is 0 Å². The number of carbonyl (C=O) groups excluding carboxylic acids is 2. The Hall–Kier alpha value is -4.45. The topological polar surface area (TPSA) is 90.8 Å². The van der Waals surface area contributed by atoms with E-state index in [0.29, 0.717) is 22.4 Å². The van der Waals surface area contributed by atoms with Crippen LogP contribution in [0.3, 0.4) is 0 Å². The van der Waals surface area contributed by atoms with Crippen molar-refractivity contribution in [3.8, 4) is 5.75 Å². The van der Waals surface area contributed by atoms with Gasteiger partial charge in [-0.1, -0.05) is 48.5 Å². The van der Waals surface area contributed by atoms with Crippen molar-refractivity contribution in [1.29, 1.82) is 0 Å². The highest BCUT2D eigenvalue weighted by atomic mass is 16.3. The van der Waals surface area contributed by atoms with Gasteiger partial charge in [0.2, 0.25) is 0 Å². The molecule has 0 unspecified atom stereocenters. The average Bonchev–Trinajstić information content (AvgIpc) is 2.81. The minimum atomic E-state index is -0.405. The van der Waals surface area contributed by atoms with Gasteiger partial charge in [-0.25, -0.2) is 5.43 Å². The van der Waals surface area contributed by atoms with Crippen molar-refractivity contribution in [3.63, 3.8) is 0 Å². The predicted molar refractivity (Wildman–Crippen MR) is 126 cm³/mol. The number of phenolic OH excluding ortho intramolecular Hbond substituents is 1. The maximum Gasteiger partial charge on any atom is 0.271 e. The number of phenols is 1. The van der Waals surface area contributed by atoms with E-state index in [9.17, 15) is 14.7 Å². The van der Waals surface area contributed by atoms with Crippen molar-refractivity contribution in [2.45, 2.75) is 6.92 Å². The van der Waals surface area contributed by atoms with Gasteiger partial charge in [0.1, 0.15) is 5.75 Å². The first kappa shape index (κ1) is 20.8. The van der Waals surface area contributed by atoms with Gasteiger partial charge in [0.25, 0.3) is 11.8 Å². The molecule has 0 fully saturated rings. The molecular weight excluding hydrogens is 402 g/mol. The van der Waals surface area contributed by atoms with Gasteiger partial charge in [-0.3, -0.25) is 9.59 Å². The maximum atomic E-state index is 12.4. The number of aryl methyl sites for hydroxylation is 1. The summed E-state index contributed by atoms with van der Waals surface area (Å²) in [6.45, 7) is 1.88. The Bertz CT molecular complexity index is 1330. The fourth-order valence-electron chi connectivity index (χ4n) is 3.37. The fourth-order valence-corrected chi connectivity index (χ4v) is 3.37. The van der Waals surface area contributed by atoms with Gasteiger partial charge in [-0.15, -0.1) is 0 Å². The highest BCUT2D eigenvalue weighted by molar-refractivity contribution is 6.06. The first-order chi connectivity index (χ1) is 15.5. The summed E-state index contributed by atoms with van der Waals surface area (Å²) < 4.78 is 0. The highest BCUT2D eigenvalue weighted by Crippen LogP contribution is 2.25. The number of anilines is 1. The lowest BCUT2D eigenvalue weighted by Crippen LogP contribution is -2.18. The number of benzene rings is 4. The van der Waals surface area contributed by atoms with E-state index in [1.54, 1.807) is 36.4 Å². The molecule has 0 aliphatic rings. The molecule has 4 rings (SSSR count). The molecule has 6 nitrogen and oxygen atoms in total. The van der Waals surface area contributed by atoms with E-state index in [2.05, 4.69) is 15.8 Å². The van der Waals surface area contributed by atoms with Crippen LogP contribution >= 0.6 is 0 Å². The SMILES string of the molecule is Cc1ccccc1C(=O)Nc1ccc(C(=O)NN=Cc2c(O)ccc3ccccc23)cc1. The summed E-state index contributed by atoms with van der Waals surface area (Å²) in [5.41, 5.74) is 5.44. The van der Waals surface area contributed by atoms with Crippen LogP contribution in [0.1, 0.15) is 31.8 Å². The van der Waals surface area contributed by atoms with E-state index >= 15 is 0 Å². The van der Waals surface area contributed by atoms with Crippen molar-refractivity contribution >= 4 is 34.5 Å². The molecule has 2 amide bonds. The molecule has 6 heteroatoms. The summed E-state index contributed by atoms with van der Waals surface area (Å²) in [6.07, 6.45) is 1.42. The maximum absolute atomic E-state index is 12.4. The minimum absolute atomic E-state index is 0.0791. The second-order valence-corrected chi connectivity index (χ2v) is 7.27.